The van der Waals surface area contributed by atoms with Crippen LogP contribution >= 0.6 is 0 Å². The number of hydrogen-bond acceptors (Lipinski definition) is 5. The van der Waals surface area contributed by atoms with E-state index in [0.29, 0.717) is 5.69 Å². The molecule has 0 aliphatic carbocycles. The molecule has 0 atom stereocenters. The van der Waals surface area contributed by atoms with Gasteiger partial charge in [0, 0.05) is 31.9 Å². The maximum absolute atomic E-state index is 12.4. The molecule has 0 bridgehead atoms. The number of amides is 1. The van der Waals surface area contributed by atoms with Crippen LogP contribution in [0.15, 0.2) is 42.6 Å². The van der Waals surface area contributed by atoms with E-state index in [1.807, 2.05) is 44.2 Å². The van der Waals surface area contributed by atoms with Gasteiger partial charge in [-0.2, -0.15) is 0 Å². The summed E-state index contributed by atoms with van der Waals surface area (Å²) >= 11 is 0. The van der Waals surface area contributed by atoms with Crippen molar-refractivity contribution in [3.63, 3.8) is 0 Å². The van der Waals surface area contributed by atoms with E-state index < -0.39 is 0 Å². The Morgan fingerprint density at radius 1 is 1.08 bits per heavy atom. The van der Waals surface area contributed by atoms with E-state index >= 15 is 0 Å². The van der Waals surface area contributed by atoms with Gasteiger partial charge in [-0.3, -0.25) is 4.79 Å². The van der Waals surface area contributed by atoms with Crippen LogP contribution in [-0.2, 0) is 0 Å². The van der Waals surface area contributed by atoms with Gasteiger partial charge >= 0.3 is 0 Å². The molecule has 1 saturated heterocycles. The number of anilines is 2. The predicted octanol–water partition coefficient (Wildman–Crippen LogP) is 2.87. The summed E-state index contributed by atoms with van der Waals surface area (Å²) in [6, 6.07) is 11.1. The highest BCUT2D eigenvalue weighted by Gasteiger charge is 2.15. The van der Waals surface area contributed by atoms with Crippen LogP contribution < -0.4 is 15.0 Å². The zero-order valence-electron chi connectivity index (χ0n) is 15.6. The standard InChI is InChI=1S/C20H26N4O2/c1-15(2)26-18-7-4-16(5-8-18)22-20(25)19-9-6-17(14-21-19)24-12-10-23(3)11-13-24/h4-9,14-15H,10-13H2,1-3H3,(H,22,25). The molecule has 26 heavy (non-hydrogen) atoms. The fourth-order valence-corrected chi connectivity index (χ4v) is 2.86. The Balaban J connectivity index is 1.59. The third-order valence-electron chi connectivity index (χ3n) is 4.33. The van der Waals surface area contributed by atoms with Gasteiger partial charge in [0.05, 0.1) is 18.0 Å². The molecule has 1 amide bonds. The molecule has 1 aromatic carbocycles. The fraction of sp³-hybridized carbons (Fsp3) is 0.400. The summed E-state index contributed by atoms with van der Waals surface area (Å²) in [5.41, 5.74) is 2.19. The molecule has 0 spiro atoms. The first-order chi connectivity index (χ1) is 12.5. The number of rotatable bonds is 5. The van der Waals surface area contributed by atoms with E-state index in [1.54, 1.807) is 12.3 Å². The van der Waals surface area contributed by atoms with E-state index in [0.717, 1.165) is 43.3 Å². The first-order valence-electron chi connectivity index (χ1n) is 8.99. The lowest BCUT2D eigenvalue weighted by Crippen LogP contribution is -2.44. The number of nitrogens with zero attached hydrogens (tertiary/aromatic N) is 3. The van der Waals surface area contributed by atoms with Crippen LogP contribution in [0.25, 0.3) is 0 Å². The van der Waals surface area contributed by atoms with Crippen molar-refractivity contribution < 1.29 is 9.53 Å². The van der Waals surface area contributed by atoms with Crippen molar-refractivity contribution in [3.8, 4) is 5.75 Å². The smallest absolute Gasteiger partial charge is 0.274 e. The van der Waals surface area contributed by atoms with Gasteiger partial charge in [-0.05, 0) is 57.3 Å². The number of ether oxygens (including phenoxy) is 1. The van der Waals surface area contributed by atoms with Gasteiger partial charge in [0.1, 0.15) is 11.4 Å². The number of nitrogens with one attached hydrogen (secondary N) is 1. The number of piperazine rings is 1. The summed E-state index contributed by atoms with van der Waals surface area (Å²) in [7, 11) is 2.13. The predicted molar refractivity (Wildman–Crippen MR) is 104 cm³/mol. The van der Waals surface area contributed by atoms with Gasteiger partial charge in [0.15, 0.2) is 0 Å². The number of benzene rings is 1. The summed E-state index contributed by atoms with van der Waals surface area (Å²) in [5, 5.41) is 2.87. The second kappa shape index (κ2) is 8.19. The third kappa shape index (κ3) is 4.73. The molecule has 1 aromatic heterocycles. The number of carbonyl (C=O) groups excluding carboxylic acids is 1. The highest BCUT2D eigenvalue weighted by atomic mass is 16.5. The third-order valence-corrected chi connectivity index (χ3v) is 4.33. The molecular weight excluding hydrogens is 328 g/mol. The molecule has 138 valence electrons. The highest BCUT2D eigenvalue weighted by Crippen LogP contribution is 2.18. The van der Waals surface area contributed by atoms with Gasteiger partial charge in [-0.1, -0.05) is 0 Å². The molecule has 2 aromatic rings. The number of likely N-dealkylation sites (N-methyl/N-ethyl adjacent to an activating group) is 1. The van der Waals surface area contributed by atoms with Gasteiger partial charge in [-0.25, -0.2) is 4.98 Å². The van der Waals surface area contributed by atoms with E-state index in [9.17, 15) is 4.79 Å². The van der Waals surface area contributed by atoms with Crippen molar-refractivity contribution in [1.82, 2.24) is 9.88 Å². The Labute approximate surface area is 154 Å². The Kier molecular flexibility index (Phi) is 5.73. The maximum atomic E-state index is 12.4. The van der Waals surface area contributed by atoms with Gasteiger partial charge in [0.25, 0.3) is 5.91 Å². The van der Waals surface area contributed by atoms with Crippen molar-refractivity contribution in [2.75, 3.05) is 43.4 Å². The van der Waals surface area contributed by atoms with Gasteiger partial charge < -0.3 is 19.9 Å². The normalized spacial score (nSPS) is 15.2. The van der Waals surface area contributed by atoms with Crippen molar-refractivity contribution in [2.24, 2.45) is 0 Å². The average Bonchev–Trinajstić information content (AvgIpc) is 2.64. The average molecular weight is 354 g/mol. The minimum absolute atomic E-state index is 0.124. The molecule has 6 nitrogen and oxygen atoms in total. The molecule has 1 N–H and O–H groups in total. The summed E-state index contributed by atoms with van der Waals surface area (Å²) in [6.07, 6.45) is 1.90. The first-order valence-corrected chi connectivity index (χ1v) is 8.99. The van der Waals surface area contributed by atoms with Gasteiger partial charge in [-0.15, -0.1) is 0 Å². The fourth-order valence-electron chi connectivity index (χ4n) is 2.86. The highest BCUT2D eigenvalue weighted by molar-refractivity contribution is 6.02. The SMILES string of the molecule is CC(C)Oc1ccc(NC(=O)c2ccc(N3CCN(C)CC3)cn2)cc1. The Morgan fingerprint density at radius 3 is 2.35 bits per heavy atom. The Bertz CT molecular complexity index is 720. The van der Waals surface area contributed by atoms with Crippen LogP contribution in [0.5, 0.6) is 5.75 Å². The lowest BCUT2D eigenvalue weighted by Gasteiger charge is -2.33. The van der Waals surface area contributed by atoms with Crippen LogP contribution in [-0.4, -0.2) is 55.1 Å². The molecule has 3 rings (SSSR count). The molecule has 6 heteroatoms. The topological polar surface area (TPSA) is 57.7 Å². The second-order valence-corrected chi connectivity index (χ2v) is 6.84. The van der Waals surface area contributed by atoms with E-state index in [2.05, 4.69) is 27.1 Å². The number of pyridine rings is 1. The zero-order valence-corrected chi connectivity index (χ0v) is 15.6. The van der Waals surface area contributed by atoms with Crippen molar-refractivity contribution >= 4 is 17.3 Å². The van der Waals surface area contributed by atoms with Crippen LogP contribution in [0.2, 0.25) is 0 Å². The minimum atomic E-state index is -0.215. The van der Waals surface area contributed by atoms with Crippen LogP contribution in [0, 0.1) is 0 Å². The number of aromatic nitrogens is 1. The minimum Gasteiger partial charge on any atom is -0.491 e. The van der Waals surface area contributed by atoms with E-state index in [1.165, 1.54) is 0 Å². The van der Waals surface area contributed by atoms with Crippen molar-refractivity contribution in [2.45, 2.75) is 20.0 Å². The van der Waals surface area contributed by atoms with Crippen molar-refractivity contribution in [3.05, 3.63) is 48.3 Å². The monoisotopic (exact) mass is 354 g/mol. The van der Waals surface area contributed by atoms with E-state index in [4.69, 9.17) is 4.74 Å². The van der Waals surface area contributed by atoms with E-state index in [-0.39, 0.29) is 12.0 Å². The number of carbonyl (C=O) groups is 1. The lowest BCUT2D eigenvalue weighted by molar-refractivity contribution is 0.102. The zero-order chi connectivity index (χ0) is 18.5. The molecule has 0 saturated carbocycles. The number of hydrogen-bond donors (Lipinski definition) is 1. The quantitative estimate of drug-likeness (QED) is 0.895. The first kappa shape index (κ1) is 18.2. The molecule has 2 heterocycles. The molecule has 0 radical (unpaired) electrons. The molecule has 1 aliphatic heterocycles. The Hall–Kier alpha value is -2.60. The van der Waals surface area contributed by atoms with Gasteiger partial charge in [0.2, 0.25) is 0 Å². The molecule has 1 fully saturated rings. The van der Waals surface area contributed by atoms with Crippen LogP contribution in [0.1, 0.15) is 24.3 Å². The summed E-state index contributed by atoms with van der Waals surface area (Å²) in [4.78, 5) is 21.3. The molecular formula is C20H26N4O2. The molecule has 0 unspecified atom stereocenters. The summed E-state index contributed by atoms with van der Waals surface area (Å²) in [6.45, 7) is 8.00. The molecule has 1 aliphatic rings. The Morgan fingerprint density at radius 2 is 1.77 bits per heavy atom. The summed E-state index contributed by atoms with van der Waals surface area (Å²) in [5.74, 6) is 0.570. The lowest BCUT2D eigenvalue weighted by atomic mass is 10.2. The largest absolute Gasteiger partial charge is 0.491 e. The second-order valence-electron chi connectivity index (χ2n) is 6.84. The van der Waals surface area contributed by atoms with Crippen molar-refractivity contribution in [1.29, 1.82) is 0 Å². The van der Waals surface area contributed by atoms with Crippen LogP contribution in [0.4, 0.5) is 11.4 Å². The summed E-state index contributed by atoms with van der Waals surface area (Å²) < 4.78 is 5.60. The maximum Gasteiger partial charge on any atom is 0.274 e. The van der Waals surface area contributed by atoms with Crippen LogP contribution in [0.3, 0.4) is 0 Å².